The number of anilines is 1. The third kappa shape index (κ3) is 4.60. The number of aromatic amines is 1. The molecule has 3 heterocycles. The number of rotatable bonds is 8. The topological polar surface area (TPSA) is 141 Å². The van der Waals surface area contributed by atoms with Crippen LogP contribution in [0.4, 0.5) is 5.00 Å². The van der Waals surface area contributed by atoms with Gasteiger partial charge in [-0.25, -0.2) is 9.50 Å². The molecule has 3 N–H and O–H groups in total. The molecule has 0 aliphatic heterocycles. The van der Waals surface area contributed by atoms with Crippen LogP contribution in [0.15, 0.2) is 11.0 Å². The van der Waals surface area contributed by atoms with E-state index in [1.807, 2.05) is 6.07 Å². The maximum absolute atomic E-state index is 13.0. The van der Waals surface area contributed by atoms with E-state index in [9.17, 15) is 19.6 Å². The zero-order valence-corrected chi connectivity index (χ0v) is 19.9. The van der Waals surface area contributed by atoms with E-state index in [1.54, 1.807) is 14.0 Å². The predicted molar refractivity (Wildman–Crippen MR) is 127 cm³/mol. The highest BCUT2D eigenvalue weighted by atomic mass is 32.1. The van der Waals surface area contributed by atoms with Gasteiger partial charge in [0.2, 0.25) is 5.91 Å². The molecule has 2 amide bonds. The van der Waals surface area contributed by atoms with Gasteiger partial charge in [0.25, 0.3) is 11.5 Å². The smallest absolute Gasteiger partial charge is 0.276 e. The Labute approximate surface area is 199 Å². The van der Waals surface area contributed by atoms with Gasteiger partial charge in [-0.15, -0.1) is 11.3 Å². The molecule has 3 aromatic heterocycles. The van der Waals surface area contributed by atoms with Crippen LogP contribution >= 0.6 is 11.3 Å². The summed E-state index contributed by atoms with van der Waals surface area (Å²) >= 11 is 1.43. The molecule has 0 atom stereocenters. The van der Waals surface area contributed by atoms with E-state index in [-0.39, 0.29) is 29.1 Å². The van der Waals surface area contributed by atoms with Crippen molar-refractivity contribution in [1.29, 1.82) is 5.26 Å². The summed E-state index contributed by atoms with van der Waals surface area (Å²) in [6, 6.07) is 1.98. The van der Waals surface area contributed by atoms with Crippen molar-refractivity contribution >= 4 is 33.8 Å². The van der Waals surface area contributed by atoms with Crippen LogP contribution < -0.4 is 16.2 Å². The molecule has 11 heteroatoms. The standard InChI is InChI=1S/C23H26N6O4S/c1-13-16(23(32)29-20(27-13)14(11-24)12-26-29)10-18(30)28-22-19(21(31)25-8-5-9-33-2)15-6-3-4-7-17(15)34-22/h12,26H,3-10H2,1-2H3,(H,25,31)(H,28,30). The van der Waals surface area contributed by atoms with Gasteiger partial charge in [-0.1, -0.05) is 0 Å². The largest absolute Gasteiger partial charge is 0.385 e. The van der Waals surface area contributed by atoms with E-state index in [2.05, 4.69) is 20.7 Å². The van der Waals surface area contributed by atoms with Crippen molar-refractivity contribution in [2.24, 2.45) is 0 Å². The number of nitrogens with zero attached hydrogens (tertiary/aromatic N) is 3. The lowest BCUT2D eigenvalue weighted by atomic mass is 9.95. The molecule has 0 saturated heterocycles. The minimum absolute atomic E-state index is 0.195. The van der Waals surface area contributed by atoms with Crippen molar-refractivity contribution in [1.82, 2.24) is 19.9 Å². The lowest BCUT2D eigenvalue weighted by Crippen LogP contribution is -2.28. The monoisotopic (exact) mass is 482 g/mol. The number of fused-ring (bicyclic) bond motifs is 2. The minimum atomic E-state index is -0.430. The number of amides is 2. The second-order valence-electron chi connectivity index (χ2n) is 8.18. The molecule has 0 radical (unpaired) electrons. The van der Waals surface area contributed by atoms with Crippen molar-refractivity contribution in [2.45, 2.75) is 45.4 Å². The number of hydrogen-bond acceptors (Lipinski definition) is 7. The number of nitriles is 1. The van der Waals surface area contributed by atoms with Crippen LogP contribution in [0.3, 0.4) is 0 Å². The molecule has 0 unspecified atom stereocenters. The normalized spacial score (nSPS) is 12.9. The molecule has 1 aliphatic rings. The van der Waals surface area contributed by atoms with Crippen LogP contribution in [0, 0.1) is 18.3 Å². The van der Waals surface area contributed by atoms with Crippen LogP contribution in [0.1, 0.15) is 56.9 Å². The second kappa shape index (κ2) is 10.2. The van der Waals surface area contributed by atoms with Crippen molar-refractivity contribution in [3.8, 4) is 6.07 Å². The van der Waals surface area contributed by atoms with E-state index >= 15 is 0 Å². The Morgan fingerprint density at radius 1 is 1.35 bits per heavy atom. The van der Waals surface area contributed by atoms with Crippen molar-refractivity contribution in [2.75, 3.05) is 25.6 Å². The molecule has 0 fully saturated rings. The molecule has 0 aromatic carbocycles. The Bertz CT molecular complexity index is 1350. The lowest BCUT2D eigenvalue weighted by Gasteiger charge is -2.13. The average Bonchev–Trinajstić information content (AvgIpc) is 3.40. The van der Waals surface area contributed by atoms with Crippen LogP contribution in [0.2, 0.25) is 0 Å². The first-order valence-corrected chi connectivity index (χ1v) is 12.0. The first-order chi connectivity index (χ1) is 16.4. The molecule has 0 saturated carbocycles. The first-order valence-electron chi connectivity index (χ1n) is 11.2. The Morgan fingerprint density at radius 2 is 2.15 bits per heavy atom. The highest BCUT2D eigenvalue weighted by molar-refractivity contribution is 7.17. The van der Waals surface area contributed by atoms with Gasteiger partial charge in [0.15, 0.2) is 5.65 Å². The maximum Gasteiger partial charge on any atom is 0.276 e. The fourth-order valence-corrected chi connectivity index (χ4v) is 5.48. The molecule has 178 valence electrons. The Morgan fingerprint density at radius 3 is 2.91 bits per heavy atom. The Kier molecular flexibility index (Phi) is 7.09. The summed E-state index contributed by atoms with van der Waals surface area (Å²) in [7, 11) is 1.61. The summed E-state index contributed by atoms with van der Waals surface area (Å²) in [6.07, 6.45) is 5.65. The number of aryl methyl sites for hydroxylation is 2. The van der Waals surface area contributed by atoms with Crippen LogP contribution in [0.25, 0.3) is 5.65 Å². The lowest BCUT2D eigenvalue weighted by molar-refractivity contribution is -0.115. The van der Waals surface area contributed by atoms with E-state index in [0.717, 1.165) is 40.6 Å². The Hall–Kier alpha value is -3.49. The molecule has 0 bridgehead atoms. The molecule has 10 nitrogen and oxygen atoms in total. The van der Waals surface area contributed by atoms with Crippen LogP contribution in [-0.2, 0) is 28.8 Å². The number of nitrogens with one attached hydrogen (secondary N) is 3. The van der Waals surface area contributed by atoms with Crippen LogP contribution in [-0.4, -0.2) is 46.7 Å². The average molecular weight is 483 g/mol. The summed E-state index contributed by atoms with van der Waals surface area (Å²) in [4.78, 5) is 44.3. The highest BCUT2D eigenvalue weighted by Crippen LogP contribution is 2.38. The van der Waals surface area contributed by atoms with E-state index in [4.69, 9.17) is 4.74 Å². The number of methoxy groups -OCH3 is 1. The van der Waals surface area contributed by atoms with E-state index in [0.29, 0.717) is 35.8 Å². The van der Waals surface area contributed by atoms with Crippen molar-refractivity contribution in [3.63, 3.8) is 0 Å². The third-order valence-corrected chi connectivity index (χ3v) is 7.09. The number of carbonyl (C=O) groups is 2. The third-order valence-electron chi connectivity index (χ3n) is 5.88. The van der Waals surface area contributed by atoms with Gasteiger partial charge >= 0.3 is 0 Å². The predicted octanol–water partition coefficient (Wildman–Crippen LogP) is 2.09. The quantitative estimate of drug-likeness (QED) is 0.420. The zero-order valence-electron chi connectivity index (χ0n) is 19.1. The maximum atomic E-state index is 13.0. The van der Waals surface area contributed by atoms with Gasteiger partial charge < -0.3 is 15.4 Å². The molecule has 34 heavy (non-hydrogen) atoms. The summed E-state index contributed by atoms with van der Waals surface area (Å²) < 4.78 is 6.20. The van der Waals surface area contributed by atoms with E-state index in [1.165, 1.54) is 17.5 Å². The summed E-state index contributed by atoms with van der Waals surface area (Å²) in [5, 5.41) is 18.2. The SMILES string of the molecule is COCCCNC(=O)c1c(NC(=O)Cc2c(C)nc3c(C#N)c[nH]n3c2=O)sc2c1CCCC2. The van der Waals surface area contributed by atoms with Crippen molar-refractivity contribution < 1.29 is 14.3 Å². The molecule has 1 aliphatic carbocycles. The summed E-state index contributed by atoms with van der Waals surface area (Å²) in [5.41, 5.74) is 2.20. The minimum Gasteiger partial charge on any atom is -0.385 e. The fraction of sp³-hybridized carbons (Fsp3) is 0.435. The molecule has 0 spiro atoms. The van der Waals surface area contributed by atoms with E-state index < -0.39 is 11.5 Å². The van der Waals surface area contributed by atoms with Crippen LogP contribution in [0.5, 0.6) is 0 Å². The molecular weight excluding hydrogens is 456 g/mol. The van der Waals surface area contributed by atoms with Gasteiger partial charge in [-0.2, -0.15) is 5.26 Å². The van der Waals surface area contributed by atoms with Gasteiger partial charge in [-0.3, -0.25) is 19.5 Å². The number of aromatic nitrogens is 3. The number of thiophene rings is 1. The second-order valence-corrected chi connectivity index (χ2v) is 9.29. The first kappa shape index (κ1) is 23.7. The van der Waals surface area contributed by atoms with Gasteiger partial charge in [0.1, 0.15) is 16.6 Å². The number of ether oxygens (including phenoxy) is 1. The fourth-order valence-electron chi connectivity index (χ4n) is 4.17. The summed E-state index contributed by atoms with van der Waals surface area (Å²) in [6.45, 7) is 2.67. The molecule has 3 aromatic rings. The number of carbonyl (C=O) groups excluding carboxylic acids is 2. The number of H-pyrrole nitrogens is 1. The summed E-state index contributed by atoms with van der Waals surface area (Å²) in [5.74, 6) is -0.610. The van der Waals surface area contributed by atoms with Gasteiger partial charge in [0, 0.05) is 42.6 Å². The number of hydrogen-bond donors (Lipinski definition) is 3. The van der Waals surface area contributed by atoms with Gasteiger partial charge in [0.05, 0.1) is 12.0 Å². The molecule has 4 rings (SSSR count). The highest BCUT2D eigenvalue weighted by Gasteiger charge is 2.27. The Balaban J connectivity index is 1.58. The zero-order chi connectivity index (χ0) is 24.2. The molecular formula is C23H26N6O4S. The van der Waals surface area contributed by atoms with Gasteiger partial charge in [-0.05, 0) is 44.6 Å². The van der Waals surface area contributed by atoms with Crippen molar-refractivity contribution in [3.05, 3.63) is 49.4 Å².